The maximum absolute atomic E-state index is 5.85. The first-order valence-corrected chi connectivity index (χ1v) is 7.86. The molecule has 0 atom stereocenters. The van der Waals surface area contributed by atoms with Crippen LogP contribution in [0, 0.1) is 0 Å². The van der Waals surface area contributed by atoms with Crippen LogP contribution >= 0.6 is 50.6 Å². The van der Waals surface area contributed by atoms with E-state index in [1.807, 2.05) is 24.3 Å². The molecule has 0 bridgehead atoms. The molecule has 1 aromatic carbocycles. The van der Waals surface area contributed by atoms with Crippen molar-refractivity contribution in [1.82, 2.24) is 25.2 Å². The van der Waals surface area contributed by atoms with Gasteiger partial charge in [0.15, 0.2) is 4.34 Å². The summed E-state index contributed by atoms with van der Waals surface area (Å²) in [6, 6.07) is 7.73. The second kappa shape index (κ2) is 5.58. The van der Waals surface area contributed by atoms with Crippen LogP contribution in [0.25, 0.3) is 5.69 Å². The van der Waals surface area contributed by atoms with Gasteiger partial charge in [0, 0.05) is 4.47 Å². The molecule has 2 heterocycles. The van der Waals surface area contributed by atoms with Gasteiger partial charge in [0.1, 0.15) is 4.34 Å². The highest BCUT2D eigenvalue weighted by Crippen LogP contribution is 2.32. The number of nitrogens with zero attached hydrogens (tertiary/aromatic N) is 5. The normalized spacial score (nSPS) is 10.8. The number of aromatic nitrogens is 5. The van der Waals surface area contributed by atoms with Crippen molar-refractivity contribution in [2.24, 2.45) is 0 Å². The van der Waals surface area contributed by atoms with Gasteiger partial charge in [-0.15, -0.1) is 5.10 Å². The molecule has 3 rings (SSSR count). The van der Waals surface area contributed by atoms with Gasteiger partial charge in [0.05, 0.1) is 11.9 Å². The Balaban J connectivity index is 1.92. The van der Waals surface area contributed by atoms with Crippen LogP contribution in [-0.4, -0.2) is 25.2 Å². The van der Waals surface area contributed by atoms with E-state index in [4.69, 9.17) is 11.6 Å². The second-order valence-electron chi connectivity index (χ2n) is 3.38. The Morgan fingerprint density at radius 2 is 2.05 bits per heavy atom. The van der Waals surface area contributed by atoms with Crippen molar-refractivity contribution in [2.75, 3.05) is 0 Å². The molecule has 0 saturated heterocycles. The van der Waals surface area contributed by atoms with Crippen LogP contribution in [0.5, 0.6) is 0 Å². The molecule has 3 aromatic rings. The highest BCUT2D eigenvalue weighted by molar-refractivity contribution is 9.10. The van der Waals surface area contributed by atoms with E-state index < -0.39 is 0 Å². The molecule has 96 valence electrons. The minimum atomic E-state index is 0.644. The fourth-order valence-corrected chi connectivity index (χ4v) is 3.63. The summed E-state index contributed by atoms with van der Waals surface area (Å²) in [5.41, 5.74) is 0.887. The predicted octanol–water partition coefficient (Wildman–Crippen LogP) is 3.69. The Morgan fingerprint density at radius 3 is 2.74 bits per heavy atom. The predicted molar refractivity (Wildman–Crippen MR) is 78.1 cm³/mol. The van der Waals surface area contributed by atoms with Crippen LogP contribution < -0.4 is 0 Å². The number of benzene rings is 1. The quantitative estimate of drug-likeness (QED) is 0.700. The molecule has 0 unspecified atom stereocenters. The van der Waals surface area contributed by atoms with Crippen molar-refractivity contribution in [3.05, 3.63) is 39.3 Å². The Hall–Kier alpha value is -0.960. The zero-order chi connectivity index (χ0) is 13.2. The van der Waals surface area contributed by atoms with Gasteiger partial charge in [-0.1, -0.05) is 38.9 Å². The van der Waals surface area contributed by atoms with E-state index >= 15 is 0 Å². The van der Waals surface area contributed by atoms with Crippen LogP contribution in [0.4, 0.5) is 0 Å². The SMILES string of the molecule is Clc1cnc(Sc2nnnn2-c2ccc(Br)cc2)s1. The topological polar surface area (TPSA) is 56.5 Å². The molecule has 0 aliphatic carbocycles. The lowest BCUT2D eigenvalue weighted by atomic mass is 10.3. The largest absolute Gasteiger partial charge is 0.236 e. The van der Waals surface area contributed by atoms with Crippen LogP contribution in [0.2, 0.25) is 4.34 Å². The van der Waals surface area contributed by atoms with Crippen LogP contribution in [0.1, 0.15) is 0 Å². The smallest absolute Gasteiger partial charge is 0.221 e. The van der Waals surface area contributed by atoms with Crippen molar-refractivity contribution >= 4 is 50.6 Å². The van der Waals surface area contributed by atoms with E-state index in [-0.39, 0.29) is 0 Å². The fourth-order valence-electron chi connectivity index (χ4n) is 1.35. The third kappa shape index (κ3) is 2.97. The van der Waals surface area contributed by atoms with Gasteiger partial charge in [0.25, 0.3) is 0 Å². The van der Waals surface area contributed by atoms with Crippen molar-refractivity contribution < 1.29 is 0 Å². The molecule has 0 saturated carbocycles. The maximum atomic E-state index is 5.85. The van der Waals surface area contributed by atoms with E-state index in [0.29, 0.717) is 9.49 Å². The lowest BCUT2D eigenvalue weighted by molar-refractivity contribution is 0.756. The molecule has 0 fully saturated rings. The zero-order valence-corrected chi connectivity index (χ0v) is 13.2. The van der Waals surface area contributed by atoms with Crippen molar-refractivity contribution in [3.63, 3.8) is 0 Å². The third-order valence-electron chi connectivity index (χ3n) is 2.15. The molecule has 0 spiro atoms. The minimum Gasteiger partial charge on any atom is -0.236 e. The lowest BCUT2D eigenvalue weighted by Crippen LogP contribution is -1.98. The van der Waals surface area contributed by atoms with Crippen LogP contribution in [-0.2, 0) is 0 Å². The second-order valence-corrected chi connectivity index (χ2v) is 7.17. The summed E-state index contributed by atoms with van der Waals surface area (Å²) >= 11 is 12.0. The van der Waals surface area contributed by atoms with Crippen molar-refractivity contribution in [3.8, 4) is 5.69 Å². The van der Waals surface area contributed by atoms with Gasteiger partial charge in [0.2, 0.25) is 5.16 Å². The molecule has 0 aliphatic heterocycles. The zero-order valence-electron chi connectivity index (χ0n) is 9.20. The molecule has 0 radical (unpaired) electrons. The van der Waals surface area contributed by atoms with Crippen LogP contribution in [0.3, 0.4) is 0 Å². The maximum Gasteiger partial charge on any atom is 0.221 e. The molecule has 19 heavy (non-hydrogen) atoms. The van der Waals surface area contributed by atoms with E-state index in [1.54, 1.807) is 10.9 Å². The average Bonchev–Trinajstić information content (AvgIpc) is 3.00. The number of hydrogen-bond donors (Lipinski definition) is 0. The van der Waals surface area contributed by atoms with Crippen LogP contribution in [0.15, 0.2) is 44.4 Å². The molecule has 0 aliphatic rings. The Bertz CT molecular complexity index is 696. The van der Waals surface area contributed by atoms with Gasteiger partial charge in [-0.2, -0.15) is 4.68 Å². The summed E-state index contributed by atoms with van der Waals surface area (Å²) in [4.78, 5) is 4.17. The van der Waals surface area contributed by atoms with E-state index in [2.05, 4.69) is 36.4 Å². The van der Waals surface area contributed by atoms with Gasteiger partial charge in [-0.25, -0.2) is 4.98 Å². The van der Waals surface area contributed by atoms with Gasteiger partial charge < -0.3 is 0 Å². The van der Waals surface area contributed by atoms with Gasteiger partial charge >= 0.3 is 0 Å². The van der Waals surface area contributed by atoms with E-state index in [1.165, 1.54) is 23.1 Å². The number of hydrogen-bond acceptors (Lipinski definition) is 6. The lowest BCUT2D eigenvalue weighted by Gasteiger charge is -2.02. The van der Waals surface area contributed by atoms with Gasteiger partial charge in [-0.05, 0) is 46.5 Å². The minimum absolute atomic E-state index is 0.644. The summed E-state index contributed by atoms with van der Waals surface area (Å²) in [6.45, 7) is 0. The molecule has 9 heteroatoms. The number of tetrazole rings is 1. The molecular weight excluding hydrogens is 370 g/mol. The summed E-state index contributed by atoms with van der Waals surface area (Å²) in [5, 5.41) is 12.3. The monoisotopic (exact) mass is 373 g/mol. The number of halogens is 2. The summed E-state index contributed by atoms with van der Waals surface area (Å²) in [7, 11) is 0. The molecule has 5 nitrogen and oxygen atoms in total. The van der Waals surface area contributed by atoms with Gasteiger partial charge in [-0.3, -0.25) is 0 Å². The molecule has 2 aromatic heterocycles. The first kappa shape index (κ1) is 13.0. The third-order valence-corrected chi connectivity index (χ3v) is 4.80. The Morgan fingerprint density at radius 1 is 1.26 bits per heavy atom. The number of rotatable bonds is 3. The first-order chi connectivity index (χ1) is 9.22. The highest BCUT2D eigenvalue weighted by atomic mass is 79.9. The highest BCUT2D eigenvalue weighted by Gasteiger charge is 2.12. The van der Waals surface area contributed by atoms with E-state index in [9.17, 15) is 0 Å². The number of thiazole rings is 1. The Labute approximate surface area is 130 Å². The standard InChI is InChI=1S/C10H5BrClN5S2/c11-6-1-3-7(4-2-6)17-9(14-15-16-17)19-10-13-5-8(12)18-10/h1-5H. The average molecular weight is 375 g/mol. The van der Waals surface area contributed by atoms with Crippen molar-refractivity contribution in [2.45, 2.75) is 9.50 Å². The summed E-state index contributed by atoms with van der Waals surface area (Å²) < 4.78 is 4.11. The summed E-state index contributed by atoms with van der Waals surface area (Å²) in [5.74, 6) is 0. The fraction of sp³-hybridized carbons (Fsp3) is 0. The molecule has 0 amide bonds. The molecule has 0 N–H and O–H groups in total. The van der Waals surface area contributed by atoms with E-state index in [0.717, 1.165) is 14.5 Å². The van der Waals surface area contributed by atoms with Crippen molar-refractivity contribution in [1.29, 1.82) is 0 Å². The first-order valence-electron chi connectivity index (χ1n) is 5.06. The Kier molecular flexibility index (Phi) is 3.83. The summed E-state index contributed by atoms with van der Waals surface area (Å²) in [6.07, 6.45) is 1.61. The molecular formula is C10H5BrClN5S2.